The molecule has 1 amide bonds. The van der Waals surface area contributed by atoms with Gasteiger partial charge in [-0.15, -0.1) is 0 Å². The number of unbranched alkanes of at least 4 members (excludes halogenated alkanes) is 1. The summed E-state index contributed by atoms with van der Waals surface area (Å²) in [5.74, 6) is 1.53. The Morgan fingerprint density at radius 2 is 1.93 bits per heavy atom. The highest BCUT2D eigenvalue weighted by Gasteiger charge is 2.14. The first-order chi connectivity index (χ1) is 14.1. The smallest absolute Gasteiger partial charge is 0.298 e. The standard InChI is InChI=1S/C22H25N3O3S/c1-4-5-12-23-21(26)17-10-11-18(27-3)19(14-17)28-22-24-20(25-29-22)13-16-8-6-15(2)7-9-16/h6-11,14H,4-5,12-13H2,1-3H3,(H,23,26). The van der Waals surface area contributed by atoms with E-state index >= 15 is 0 Å². The van der Waals surface area contributed by atoms with Gasteiger partial charge in [-0.1, -0.05) is 43.2 Å². The van der Waals surface area contributed by atoms with Crippen molar-refractivity contribution in [3.05, 3.63) is 65.0 Å². The summed E-state index contributed by atoms with van der Waals surface area (Å²) in [6.07, 6.45) is 2.61. The summed E-state index contributed by atoms with van der Waals surface area (Å²) in [6, 6.07) is 13.4. The normalized spacial score (nSPS) is 10.6. The number of carbonyl (C=O) groups excluding carboxylic acids is 1. The van der Waals surface area contributed by atoms with Gasteiger partial charge in [0.2, 0.25) is 0 Å². The molecule has 1 N–H and O–H groups in total. The fourth-order valence-electron chi connectivity index (χ4n) is 2.71. The van der Waals surface area contributed by atoms with E-state index < -0.39 is 0 Å². The Kier molecular flexibility index (Phi) is 7.19. The molecule has 0 radical (unpaired) electrons. The van der Waals surface area contributed by atoms with Crippen molar-refractivity contribution in [1.82, 2.24) is 14.7 Å². The molecule has 3 aromatic rings. The van der Waals surface area contributed by atoms with Crippen LogP contribution in [0, 0.1) is 6.92 Å². The van der Waals surface area contributed by atoms with Crippen molar-refractivity contribution in [2.24, 2.45) is 0 Å². The summed E-state index contributed by atoms with van der Waals surface area (Å²) in [5, 5.41) is 3.31. The molecule has 1 heterocycles. The number of nitrogens with one attached hydrogen (secondary N) is 1. The van der Waals surface area contributed by atoms with Crippen LogP contribution in [0.5, 0.6) is 16.7 Å². The summed E-state index contributed by atoms with van der Waals surface area (Å²) >= 11 is 1.18. The maximum atomic E-state index is 12.3. The largest absolute Gasteiger partial charge is 0.493 e. The predicted octanol–water partition coefficient (Wildman–Crippen LogP) is 4.77. The molecule has 2 aromatic carbocycles. The maximum Gasteiger partial charge on any atom is 0.298 e. The third-order valence-corrected chi connectivity index (χ3v) is 5.00. The molecule has 0 saturated carbocycles. The Morgan fingerprint density at radius 1 is 1.14 bits per heavy atom. The first kappa shape index (κ1) is 20.8. The number of aryl methyl sites for hydroxylation is 1. The molecule has 3 rings (SSSR count). The Morgan fingerprint density at radius 3 is 2.66 bits per heavy atom. The fraction of sp³-hybridized carbons (Fsp3) is 0.318. The molecule has 7 heteroatoms. The van der Waals surface area contributed by atoms with Crippen LogP contribution in [-0.2, 0) is 6.42 Å². The number of aromatic nitrogens is 2. The molecule has 0 bridgehead atoms. The monoisotopic (exact) mass is 411 g/mol. The number of nitrogens with zero attached hydrogens (tertiary/aromatic N) is 2. The number of methoxy groups -OCH3 is 1. The van der Waals surface area contributed by atoms with Gasteiger partial charge in [-0.2, -0.15) is 9.36 Å². The molecule has 0 aliphatic rings. The van der Waals surface area contributed by atoms with Crippen LogP contribution in [0.2, 0.25) is 0 Å². The molecule has 152 valence electrons. The molecule has 1 aromatic heterocycles. The number of amides is 1. The molecule has 29 heavy (non-hydrogen) atoms. The average molecular weight is 412 g/mol. The van der Waals surface area contributed by atoms with Crippen LogP contribution in [0.15, 0.2) is 42.5 Å². The van der Waals surface area contributed by atoms with Crippen LogP contribution in [0.3, 0.4) is 0 Å². The number of rotatable bonds is 9. The van der Waals surface area contributed by atoms with Crippen molar-refractivity contribution in [2.45, 2.75) is 33.1 Å². The minimum Gasteiger partial charge on any atom is -0.493 e. The van der Waals surface area contributed by atoms with Crippen LogP contribution in [-0.4, -0.2) is 28.9 Å². The molecule has 6 nitrogen and oxygen atoms in total. The molecule has 0 atom stereocenters. The highest BCUT2D eigenvalue weighted by atomic mass is 32.1. The number of ether oxygens (including phenoxy) is 2. The summed E-state index contributed by atoms with van der Waals surface area (Å²) in [7, 11) is 1.56. The van der Waals surface area contributed by atoms with E-state index in [-0.39, 0.29) is 5.91 Å². The van der Waals surface area contributed by atoms with Gasteiger partial charge in [0.1, 0.15) is 0 Å². The molecule has 0 fully saturated rings. The quantitative estimate of drug-likeness (QED) is 0.514. The van der Waals surface area contributed by atoms with Gasteiger partial charge in [0, 0.05) is 30.1 Å². The molecule has 0 saturated heterocycles. The van der Waals surface area contributed by atoms with Crippen LogP contribution in [0.25, 0.3) is 0 Å². The lowest BCUT2D eigenvalue weighted by Gasteiger charge is -2.10. The number of carbonyl (C=O) groups is 1. The van der Waals surface area contributed by atoms with Crippen molar-refractivity contribution in [3.63, 3.8) is 0 Å². The van der Waals surface area contributed by atoms with Crippen molar-refractivity contribution in [3.8, 4) is 16.7 Å². The van der Waals surface area contributed by atoms with E-state index in [1.54, 1.807) is 25.3 Å². The van der Waals surface area contributed by atoms with Crippen molar-refractivity contribution in [2.75, 3.05) is 13.7 Å². The molecular formula is C22H25N3O3S. The van der Waals surface area contributed by atoms with E-state index in [0.717, 1.165) is 18.4 Å². The first-order valence-electron chi connectivity index (χ1n) is 9.61. The molecule has 0 aliphatic carbocycles. The van der Waals surface area contributed by atoms with Gasteiger partial charge < -0.3 is 14.8 Å². The highest BCUT2D eigenvalue weighted by Crippen LogP contribution is 2.33. The topological polar surface area (TPSA) is 73.3 Å². The molecule has 0 unspecified atom stereocenters. The second-order valence-corrected chi connectivity index (χ2v) is 7.43. The van der Waals surface area contributed by atoms with Gasteiger partial charge in [-0.25, -0.2) is 0 Å². The third kappa shape index (κ3) is 5.77. The van der Waals surface area contributed by atoms with Gasteiger partial charge in [-0.3, -0.25) is 4.79 Å². The predicted molar refractivity (Wildman–Crippen MR) is 114 cm³/mol. The van der Waals surface area contributed by atoms with Gasteiger partial charge in [0.15, 0.2) is 17.3 Å². The number of benzene rings is 2. The minimum absolute atomic E-state index is 0.136. The second-order valence-electron chi connectivity index (χ2n) is 6.72. The lowest BCUT2D eigenvalue weighted by Crippen LogP contribution is -2.24. The molecular weight excluding hydrogens is 386 g/mol. The van der Waals surface area contributed by atoms with Crippen LogP contribution >= 0.6 is 11.5 Å². The Hall–Kier alpha value is -2.93. The van der Waals surface area contributed by atoms with E-state index in [9.17, 15) is 4.79 Å². The van der Waals surface area contributed by atoms with Crippen LogP contribution in [0.1, 0.15) is 47.1 Å². The Labute approximate surface area is 175 Å². The van der Waals surface area contributed by atoms with E-state index in [4.69, 9.17) is 9.47 Å². The zero-order valence-corrected chi connectivity index (χ0v) is 17.7. The average Bonchev–Trinajstić information content (AvgIpc) is 3.16. The van der Waals surface area contributed by atoms with E-state index in [1.807, 2.05) is 0 Å². The summed E-state index contributed by atoms with van der Waals surface area (Å²) in [4.78, 5) is 16.8. The van der Waals surface area contributed by atoms with Crippen molar-refractivity contribution in [1.29, 1.82) is 0 Å². The Balaban J connectivity index is 1.71. The molecule has 0 spiro atoms. The summed E-state index contributed by atoms with van der Waals surface area (Å²) < 4.78 is 15.6. The third-order valence-electron chi connectivity index (χ3n) is 4.37. The van der Waals surface area contributed by atoms with Gasteiger partial charge in [-0.05, 0) is 37.1 Å². The zero-order chi connectivity index (χ0) is 20.6. The van der Waals surface area contributed by atoms with E-state index in [2.05, 4.69) is 52.8 Å². The van der Waals surface area contributed by atoms with Gasteiger partial charge in [0.05, 0.1) is 7.11 Å². The van der Waals surface area contributed by atoms with E-state index in [1.165, 1.54) is 17.1 Å². The second kappa shape index (κ2) is 10.0. The van der Waals surface area contributed by atoms with Crippen molar-refractivity contribution >= 4 is 17.4 Å². The highest BCUT2D eigenvalue weighted by molar-refractivity contribution is 7.07. The first-order valence-corrected chi connectivity index (χ1v) is 10.4. The molecule has 0 aliphatic heterocycles. The van der Waals surface area contributed by atoms with E-state index in [0.29, 0.717) is 41.0 Å². The summed E-state index contributed by atoms with van der Waals surface area (Å²) in [6.45, 7) is 4.79. The number of hydrogen-bond donors (Lipinski definition) is 1. The lowest BCUT2D eigenvalue weighted by atomic mass is 10.1. The zero-order valence-electron chi connectivity index (χ0n) is 16.9. The minimum atomic E-state index is -0.136. The van der Waals surface area contributed by atoms with Gasteiger partial charge >= 0.3 is 0 Å². The van der Waals surface area contributed by atoms with Crippen LogP contribution < -0.4 is 14.8 Å². The van der Waals surface area contributed by atoms with Crippen LogP contribution in [0.4, 0.5) is 0 Å². The lowest BCUT2D eigenvalue weighted by molar-refractivity contribution is 0.0953. The number of hydrogen-bond acceptors (Lipinski definition) is 6. The van der Waals surface area contributed by atoms with Gasteiger partial charge in [0.25, 0.3) is 11.1 Å². The SMILES string of the molecule is CCCCNC(=O)c1ccc(OC)c(Oc2nc(Cc3ccc(C)cc3)ns2)c1. The Bertz CT molecular complexity index is 954. The summed E-state index contributed by atoms with van der Waals surface area (Å²) in [5.41, 5.74) is 2.87. The maximum absolute atomic E-state index is 12.3. The van der Waals surface area contributed by atoms with Crippen molar-refractivity contribution < 1.29 is 14.3 Å². The fourth-order valence-corrected chi connectivity index (χ4v) is 3.27.